The smallest absolute Gasteiger partial charge is 0.159 e. The zero-order chi connectivity index (χ0) is 36.3. The highest BCUT2D eigenvalue weighted by molar-refractivity contribution is 6.12. The molecule has 55 heavy (non-hydrogen) atoms. The van der Waals surface area contributed by atoms with Crippen molar-refractivity contribution in [2.75, 3.05) is 4.90 Å². The zero-order valence-electron chi connectivity index (χ0n) is 29.9. The summed E-state index contributed by atoms with van der Waals surface area (Å²) in [6.45, 7) is 0. The van der Waals surface area contributed by atoms with Crippen LogP contribution in [0.1, 0.15) is 0 Å². The lowest BCUT2D eigenvalue weighted by Crippen LogP contribution is -2.10. The van der Waals surface area contributed by atoms with E-state index in [-0.39, 0.29) is 0 Å². The number of hydrogen-bond acceptors (Lipinski definition) is 2. The summed E-state index contributed by atoms with van der Waals surface area (Å²) in [7, 11) is 0. The predicted molar refractivity (Wildman–Crippen MR) is 231 cm³/mol. The van der Waals surface area contributed by atoms with Crippen LogP contribution in [0.25, 0.3) is 82.5 Å². The van der Waals surface area contributed by atoms with E-state index in [1.165, 1.54) is 55.0 Å². The lowest BCUT2D eigenvalue weighted by Gasteiger charge is -2.26. The Labute approximate surface area is 318 Å². The van der Waals surface area contributed by atoms with Gasteiger partial charge in [0, 0.05) is 38.6 Å². The van der Waals surface area contributed by atoms with Gasteiger partial charge in [-0.15, -0.1) is 0 Å². The average Bonchev–Trinajstić information content (AvgIpc) is 3.81. The molecule has 0 unspecified atom stereocenters. The maximum atomic E-state index is 6.58. The number of benzene rings is 9. The third kappa shape index (κ3) is 5.20. The van der Waals surface area contributed by atoms with Crippen LogP contribution in [0.5, 0.6) is 0 Å². The van der Waals surface area contributed by atoms with Crippen LogP contribution in [0.4, 0.5) is 17.1 Å². The Morgan fingerprint density at radius 3 is 1.76 bits per heavy atom. The highest BCUT2D eigenvalue weighted by atomic mass is 16.3. The number of aromatic nitrogens is 1. The summed E-state index contributed by atoms with van der Waals surface area (Å²) in [6, 6.07) is 73.9. The molecular weight excluding hydrogens is 669 g/mol. The highest BCUT2D eigenvalue weighted by Gasteiger charge is 2.20. The van der Waals surface area contributed by atoms with Gasteiger partial charge in [0.1, 0.15) is 5.58 Å². The lowest BCUT2D eigenvalue weighted by molar-refractivity contribution is 0.669. The van der Waals surface area contributed by atoms with E-state index >= 15 is 0 Å². The van der Waals surface area contributed by atoms with E-state index in [4.69, 9.17) is 4.42 Å². The van der Waals surface area contributed by atoms with Crippen molar-refractivity contribution in [3.8, 4) is 27.9 Å². The summed E-state index contributed by atoms with van der Waals surface area (Å²) in [5, 5.41) is 7.18. The summed E-state index contributed by atoms with van der Waals surface area (Å²) in [6.07, 6.45) is 0. The molecule has 0 aliphatic rings. The molecule has 3 nitrogen and oxygen atoms in total. The summed E-state index contributed by atoms with van der Waals surface area (Å²) < 4.78 is 8.97. The molecular formula is C52H34N2O. The molecule has 0 radical (unpaired) electrons. The summed E-state index contributed by atoms with van der Waals surface area (Å²) in [5.74, 6) is 0. The van der Waals surface area contributed by atoms with Crippen LogP contribution in [0.15, 0.2) is 211 Å². The first-order chi connectivity index (χ1) is 27.3. The Kier molecular flexibility index (Phi) is 7.17. The third-order valence-electron chi connectivity index (χ3n) is 11.0. The molecule has 0 N–H and O–H groups in total. The molecule has 0 fully saturated rings. The first kappa shape index (κ1) is 31.2. The van der Waals surface area contributed by atoms with Gasteiger partial charge in [0.25, 0.3) is 0 Å². The molecule has 9 aromatic carbocycles. The van der Waals surface area contributed by atoms with Gasteiger partial charge < -0.3 is 13.9 Å². The molecule has 0 aliphatic carbocycles. The summed E-state index contributed by atoms with van der Waals surface area (Å²) in [5.41, 5.74) is 13.1. The van der Waals surface area contributed by atoms with Crippen molar-refractivity contribution in [2.24, 2.45) is 0 Å². The van der Waals surface area contributed by atoms with Crippen LogP contribution in [0.2, 0.25) is 0 Å². The van der Waals surface area contributed by atoms with Crippen molar-refractivity contribution in [3.63, 3.8) is 0 Å². The number of anilines is 3. The molecule has 0 saturated carbocycles. The fourth-order valence-corrected chi connectivity index (χ4v) is 8.32. The van der Waals surface area contributed by atoms with Crippen LogP contribution in [0.3, 0.4) is 0 Å². The fourth-order valence-electron chi connectivity index (χ4n) is 8.32. The monoisotopic (exact) mass is 702 g/mol. The minimum atomic E-state index is 0.869. The Hall–Kier alpha value is -7.36. The number of para-hydroxylation sites is 3. The highest BCUT2D eigenvalue weighted by Crippen LogP contribution is 2.43. The van der Waals surface area contributed by atoms with E-state index in [1.807, 2.05) is 12.1 Å². The maximum absolute atomic E-state index is 6.58. The van der Waals surface area contributed by atoms with Gasteiger partial charge in [-0.05, 0) is 99.8 Å². The average molecular weight is 703 g/mol. The number of fused-ring (bicyclic) bond motifs is 7. The first-order valence-corrected chi connectivity index (χ1v) is 18.8. The van der Waals surface area contributed by atoms with Crippen LogP contribution < -0.4 is 4.90 Å². The lowest BCUT2D eigenvalue weighted by atomic mass is 10.0. The minimum Gasteiger partial charge on any atom is -0.454 e. The van der Waals surface area contributed by atoms with Gasteiger partial charge in [-0.3, -0.25) is 0 Å². The van der Waals surface area contributed by atoms with Gasteiger partial charge in [0.15, 0.2) is 5.58 Å². The van der Waals surface area contributed by atoms with Crippen molar-refractivity contribution >= 4 is 71.6 Å². The molecule has 2 aromatic heterocycles. The van der Waals surface area contributed by atoms with E-state index < -0.39 is 0 Å². The molecule has 258 valence electrons. The summed E-state index contributed by atoms with van der Waals surface area (Å²) in [4.78, 5) is 2.31. The van der Waals surface area contributed by atoms with Crippen molar-refractivity contribution in [1.82, 2.24) is 4.57 Å². The van der Waals surface area contributed by atoms with E-state index in [9.17, 15) is 0 Å². The van der Waals surface area contributed by atoms with Crippen LogP contribution in [0, 0.1) is 0 Å². The summed E-state index contributed by atoms with van der Waals surface area (Å²) >= 11 is 0. The predicted octanol–water partition coefficient (Wildman–Crippen LogP) is 14.6. The molecule has 11 aromatic rings. The van der Waals surface area contributed by atoms with Gasteiger partial charge in [-0.2, -0.15) is 0 Å². The minimum absolute atomic E-state index is 0.869. The molecule has 0 spiro atoms. The second-order valence-electron chi connectivity index (χ2n) is 14.2. The first-order valence-electron chi connectivity index (χ1n) is 18.8. The van der Waals surface area contributed by atoms with E-state index in [2.05, 4.69) is 204 Å². The molecule has 0 amide bonds. The van der Waals surface area contributed by atoms with Gasteiger partial charge in [-0.25, -0.2) is 0 Å². The Bertz CT molecular complexity index is 3190. The second kappa shape index (κ2) is 12.6. The molecule has 11 rings (SSSR count). The second-order valence-corrected chi connectivity index (χ2v) is 14.2. The molecule has 0 atom stereocenters. The molecule has 0 aliphatic heterocycles. The van der Waals surface area contributed by atoms with Crippen molar-refractivity contribution in [2.45, 2.75) is 0 Å². The molecule has 2 heterocycles. The van der Waals surface area contributed by atoms with Crippen molar-refractivity contribution < 1.29 is 4.42 Å². The molecule has 3 heteroatoms. The largest absolute Gasteiger partial charge is 0.454 e. The maximum Gasteiger partial charge on any atom is 0.159 e. The van der Waals surface area contributed by atoms with Gasteiger partial charge in [0.05, 0.1) is 16.7 Å². The molecule has 0 bridgehead atoms. The standard InChI is InChI=1S/C52H34N2O/c1-2-11-35(12-3-1)37-21-27-41(28-22-37)53(50-19-10-17-46-45-16-7-9-20-51(45)55-52(46)50)42-29-23-38(24-30-42)40-26-32-49-47(34-40)44-15-6-8-18-48(44)54(49)43-31-25-36-13-4-5-14-39(36)33-43/h1-34H. The number of rotatable bonds is 6. The van der Waals surface area contributed by atoms with Crippen molar-refractivity contribution in [3.05, 3.63) is 206 Å². The van der Waals surface area contributed by atoms with Crippen LogP contribution >= 0.6 is 0 Å². The Balaban J connectivity index is 1.02. The van der Waals surface area contributed by atoms with Gasteiger partial charge in [0.2, 0.25) is 0 Å². The van der Waals surface area contributed by atoms with Gasteiger partial charge in [-0.1, -0.05) is 140 Å². The van der Waals surface area contributed by atoms with Crippen LogP contribution in [-0.4, -0.2) is 4.57 Å². The normalized spacial score (nSPS) is 11.6. The van der Waals surface area contributed by atoms with E-state index in [0.717, 1.165) is 44.6 Å². The Morgan fingerprint density at radius 2 is 0.964 bits per heavy atom. The van der Waals surface area contributed by atoms with E-state index in [0.29, 0.717) is 0 Å². The number of hydrogen-bond donors (Lipinski definition) is 0. The Morgan fingerprint density at radius 1 is 0.364 bits per heavy atom. The SMILES string of the molecule is c1ccc(-c2ccc(N(c3ccc(-c4ccc5c(c4)c4ccccc4n5-c4ccc5ccccc5c4)cc3)c3cccc4c3oc3ccccc34)cc2)cc1. The van der Waals surface area contributed by atoms with Gasteiger partial charge >= 0.3 is 0 Å². The van der Waals surface area contributed by atoms with Crippen LogP contribution in [-0.2, 0) is 0 Å². The quantitative estimate of drug-likeness (QED) is 0.172. The molecule has 0 saturated heterocycles. The zero-order valence-corrected chi connectivity index (χ0v) is 29.9. The van der Waals surface area contributed by atoms with Crippen molar-refractivity contribution in [1.29, 1.82) is 0 Å². The van der Waals surface area contributed by atoms with E-state index in [1.54, 1.807) is 0 Å². The number of furan rings is 1. The number of nitrogens with zero attached hydrogens (tertiary/aromatic N) is 2. The third-order valence-corrected chi connectivity index (χ3v) is 11.0. The fraction of sp³-hybridized carbons (Fsp3) is 0. The topological polar surface area (TPSA) is 21.3 Å².